The fourth-order valence-corrected chi connectivity index (χ4v) is 3.90. The van der Waals surface area contributed by atoms with Gasteiger partial charge in [-0.15, -0.1) is 0 Å². The largest absolute Gasteiger partial charge is 0.480 e. The van der Waals surface area contributed by atoms with Crippen molar-refractivity contribution in [1.82, 2.24) is 4.90 Å². The standard InChI is InChI=1S/C12H21NO6S/c1-2-3-5-13(10-4-6-20(17,18)9-10)11(14)7-19-8-12(15)16/h10H,2-9H2,1H3,(H,15,16). The average molecular weight is 307 g/mol. The lowest BCUT2D eigenvalue weighted by Crippen LogP contribution is -2.43. The maximum Gasteiger partial charge on any atom is 0.329 e. The number of nitrogens with zero attached hydrogens (tertiary/aromatic N) is 1. The molecule has 20 heavy (non-hydrogen) atoms. The molecule has 116 valence electrons. The smallest absolute Gasteiger partial charge is 0.329 e. The molecule has 1 rings (SSSR count). The van der Waals surface area contributed by atoms with E-state index in [0.717, 1.165) is 12.8 Å². The van der Waals surface area contributed by atoms with E-state index in [0.29, 0.717) is 13.0 Å². The molecule has 1 amide bonds. The molecule has 8 heteroatoms. The minimum atomic E-state index is -3.06. The first-order valence-electron chi connectivity index (χ1n) is 6.65. The number of hydrogen-bond acceptors (Lipinski definition) is 5. The SMILES string of the molecule is CCCCN(C(=O)COCC(=O)O)C1CCS(=O)(=O)C1. The summed E-state index contributed by atoms with van der Waals surface area (Å²) < 4.78 is 27.8. The van der Waals surface area contributed by atoms with Gasteiger partial charge in [0.15, 0.2) is 9.84 Å². The molecule has 0 aromatic rings. The number of unbranched alkanes of at least 4 members (excludes halogenated alkanes) is 1. The summed E-state index contributed by atoms with van der Waals surface area (Å²) in [5.74, 6) is -1.39. The molecule has 7 nitrogen and oxygen atoms in total. The zero-order chi connectivity index (χ0) is 15.2. The lowest BCUT2D eigenvalue weighted by Gasteiger charge is -2.28. The van der Waals surface area contributed by atoms with Crippen LogP contribution in [0, 0.1) is 0 Å². The van der Waals surface area contributed by atoms with Crippen LogP contribution >= 0.6 is 0 Å². The normalized spacial score (nSPS) is 20.8. The highest BCUT2D eigenvalue weighted by Crippen LogP contribution is 2.18. The van der Waals surface area contributed by atoms with Gasteiger partial charge in [-0.1, -0.05) is 13.3 Å². The molecule has 0 aromatic heterocycles. The molecule has 1 N–H and O–H groups in total. The summed E-state index contributed by atoms with van der Waals surface area (Å²) in [5.41, 5.74) is 0. The molecule has 1 heterocycles. The highest BCUT2D eigenvalue weighted by molar-refractivity contribution is 7.91. The molecule has 1 fully saturated rings. The van der Waals surface area contributed by atoms with E-state index in [9.17, 15) is 18.0 Å². The Labute approximate surface area is 118 Å². The highest BCUT2D eigenvalue weighted by Gasteiger charge is 2.34. The van der Waals surface area contributed by atoms with Crippen molar-refractivity contribution in [2.24, 2.45) is 0 Å². The van der Waals surface area contributed by atoms with E-state index in [1.807, 2.05) is 6.92 Å². The molecule has 1 unspecified atom stereocenters. The van der Waals surface area contributed by atoms with Crippen LogP contribution in [-0.2, 0) is 24.2 Å². The summed E-state index contributed by atoms with van der Waals surface area (Å²) in [5, 5.41) is 8.46. The van der Waals surface area contributed by atoms with Crippen molar-refractivity contribution < 1.29 is 27.9 Å². The third-order valence-corrected chi connectivity index (χ3v) is 4.92. The van der Waals surface area contributed by atoms with Crippen LogP contribution in [0.1, 0.15) is 26.2 Å². The second kappa shape index (κ2) is 7.58. The molecule has 1 aliphatic heterocycles. The molecular formula is C12H21NO6S. The lowest BCUT2D eigenvalue weighted by molar-refractivity contribution is -0.146. The summed E-state index contributed by atoms with van der Waals surface area (Å²) in [6.45, 7) is 1.60. The average Bonchev–Trinajstić information content (AvgIpc) is 2.69. The third-order valence-electron chi connectivity index (χ3n) is 3.17. The number of carboxylic acid groups (broad SMARTS) is 1. The summed E-state index contributed by atoms with van der Waals surface area (Å²) >= 11 is 0. The molecule has 0 bridgehead atoms. The second-order valence-corrected chi connectivity index (χ2v) is 7.11. The summed E-state index contributed by atoms with van der Waals surface area (Å²) in [7, 11) is -3.06. The fourth-order valence-electron chi connectivity index (χ4n) is 2.17. The topological polar surface area (TPSA) is 101 Å². The minimum Gasteiger partial charge on any atom is -0.480 e. The Morgan fingerprint density at radius 3 is 2.55 bits per heavy atom. The third kappa shape index (κ3) is 5.46. The highest BCUT2D eigenvalue weighted by atomic mass is 32.2. The number of rotatable bonds is 8. The Morgan fingerprint density at radius 2 is 2.05 bits per heavy atom. The zero-order valence-electron chi connectivity index (χ0n) is 11.6. The van der Waals surface area contributed by atoms with Gasteiger partial charge in [-0.05, 0) is 12.8 Å². The maximum atomic E-state index is 12.0. The Morgan fingerprint density at radius 1 is 1.35 bits per heavy atom. The van der Waals surface area contributed by atoms with Crippen molar-refractivity contribution in [3.05, 3.63) is 0 Å². The van der Waals surface area contributed by atoms with Crippen LogP contribution in [0.2, 0.25) is 0 Å². The number of ether oxygens (including phenoxy) is 1. The zero-order valence-corrected chi connectivity index (χ0v) is 12.4. The van der Waals surface area contributed by atoms with E-state index in [-0.39, 0.29) is 30.1 Å². The van der Waals surface area contributed by atoms with Gasteiger partial charge in [-0.25, -0.2) is 13.2 Å². The predicted molar refractivity (Wildman–Crippen MR) is 72.1 cm³/mol. The molecular weight excluding hydrogens is 286 g/mol. The van der Waals surface area contributed by atoms with Gasteiger partial charge in [0, 0.05) is 12.6 Å². The van der Waals surface area contributed by atoms with Crippen LogP contribution in [0.5, 0.6) is 0 Å². The minimum absolute atomic E-state index is 0.0125. The molecule has 1 atom stereocenters. The number of sulfone groups is 1. The number of aliphatic carboxylic acids is 1. The summed E-state index contributed by atoms with van der Waals surface area (Å²) in [6, 6.07) is -0.313. The van der Waals surface area contributed by atoms with Crippen molar-refractivity contribution in [2.45, 2.75) is 32.2 Å². The summed E-state index contributed by atoms with van der Waals surface area (Å²) in [6.07, 6.45) is 2.11. The first-order chi connectivity index (χ1) is 9.35. The maximum absolute atomic E-state index is 12.0. The van der Waals surface area contributed by atoms with Crippen molar-refractivity contribution in [3.63, 3.8) is 0 Å². The second-order valence-electron chi connectivity index (χ2n) is 4.88. The van der Waals surface area contributed by atoms with Gasteiger partial charge in [-0.3, -0.25) is 4.79 Å². The van der Waals surface area contributed by atoms with Crippen LogP contribution in [0.15, 0.2) is 0 Å². The molecule has 0 radical (unpaired) electrons. The number of carbonyl (C=O) groups excluding carboxylic acids is 1. The quantitative estimate of drug-likeness (QED) is 0.672. The molecule has 0 aliphatic carbocycles. The van der Waals surface area contributed by atoms with Crippen LogP contribution in [0.3, 0.4) is 0 Å². The Kier molecular flexibility index (Phi) is 6.41. The van der Waals surface area contributed by atoms with Gasteiger partial charge in [0.2, 0.25) is 5.91 Å². The Bertz CT molecular complexity index is 447. The van der Waals surface area contributed by atoms with Gasteiger partial charge in [-0.2, -0.15) is 0 Å². The van der Waals surface area contributed by atoms with E-state index in [2.05, 4.69) is 0 Å². The van der Waals surface area contributed by atoms with Gasteiger partial charge in [0.25, 0.3) is 0 Å². The molecule has 1 aliphatic rings. The lowest BCUT2D eigenvalue weighted by atomic mass is 10.2. The van der Waals surface area contributed by atoms with E-state index < -0.39 is 22.4 Å². The first-order valence-corrected chi connectivity index (χ1v) is 8.47. The van der Waals surface area contributed by atoms with Gasteiger partial charge in [0.05, 0.1) is 11.5 Å². The van der Waals surface area contributed by atoms with Crippen molar-refractivity contribution in [1.29, 1.82) is 0 Å². The number of hydrogen-bond donors (Lipinski definition) is 1. The molecule has 1 saturated heterocycles. The van der Waals surface area contributed by atoms with Crippen molar-refractivity contribution in [3.8, 4) is 0 Å². The van der Waals surface area contributed by atoms with Crippen LogP contribution in [-0.4, -0.2) is 67.6 Å². The van der Waals surface area contributed by atoms with Crippen LogP contribution < -0.4 is 0 Å². The van der Waals surface area contributed by atoms with Gasteiger partial charge in [0.1, 0.15) is 13.2 Å². The predicted octanol–water partition coefficient (Wildman–Crippen LogP) is -0.0966. The van der Waals surface area contributed by atoms with Gasteiger partial charge < -0.3 is 14.7 Å². The van der Waals surface area contributed by atoms with Crippen molar-refractivity contribution in [2.75, 3.05) is 31.3 Å². The van der Waals surface area contributed by atoms with Crippen LogP contribution in [0.4, 0.5) is 0 Å². The number of carboxylic acids is 1. The monoisotopic (exact) mass is 307 g/mol. The Hall–Kier alpha value is -1.15. The first kappa shape index (κ1) is 16.9. The van der Waals surface area contributed by atoms with Crippen molar-refractivity contribution >= 4 is 21.7 Å². The van der Waals surface area contributed by atoms with E-state index >= 15 is 0 Å². The fraction of sp³-hybridized carbons (Fsp3) is 0.833. The van der Waals surface area contributed by atoms with Crippen LogP contribution in [0.25, 0.3) is 0 Å². The summed E-state index contributed by atoms with van der Waals surface area (Å²) in [4.78, 5) is 23.9. The molecule has 0 saturated carbocycles. The Balaban J connectivity index is 2.59. The molecule has 0 spiro atoms. The van der Waals surface area contributed by atoms with E-state index in [1.165, 1.54) is 4.90 Å². The van der Waals surface area contributed by atoms with E-state index in [1.54, 1.807) is 0 Å². The van der Waals surface area contributed by atoms with Gasteiger partial charge >= 0.3 is 5.97 Å². The number of amides is 1. The molecule has 0 aromatic carbocycles. The number of carbonyl (C=O) groups is 2. The van der Waals surface area contributed by atoms with E-state index in [4.69, 9.17) is 9.84 Å².